The molecule has 1 aliphatic rings. The summed E-state index contributed by atoms with van der Waals surface area (Å²) in [6, 6.07) is 0. The van der Waals surface area contributed by atoms with E-state index in [0.29, 0.717) is 13.1 Å². The van der Waals surface area contributed by atoms with E-state index in [4.69, 9.17) is 0 Å². The molecule has 0 bridgehead atoms. The zero-order valence-corrected chi connectivity index (χ0v) is 9.17. The number of hydrogen-bond acceptors (Lipinski definition) is 4. The average Bonchev–Trinajstić information content (AvgIpc) is 2.72. The lowest BCUT2D eigenvalue weighted by Crippen LogP contribution is -2.40. The fourth-order valence-electron chi connectivity index (χ4n) is 1.29. The van der Waals surface area contributed by atoms with Crippen LogP contribution in [0.4, 0.5) is 0 Å². The summed E-state index contributed by atoms with van der Waals surface area (Å²) in [7, 11) is -3.34. The van der Waals surface area contributed by atoms with Gasteiger partial charge in [-0.15, -0.1) is 0 Å². The van der Waals surface area contributed by atoms with E-state index in [-0.39, 0.29) is 0 Å². The summed E-state index contributed by atoms with van der Waals surface area (Å²) < 4.78 is 26.4. The quantitative estimate of drug-likeness (QED) is 0.723. The third kappa shape index (κ3) is 1.79. The minimum atomic E-state index is -3.34. The summed E-state index contributed by atoms with van der Waals surface area (Å²) in [5, 5.41) is 0. The van der Waals surface area contributed by atoms with E-state index < -0.39 is 10.2 Å². The molecule has 0 N–H and O–H groups in total. The molecular weight excluding hydrogens is 222 g/mol. The van der Waals surface area contributed by atoms with Crippen molar-refractivity contribution in [3.05, 3.63) is 18.7 Å². The zero-order valence-electron chi connectivity index (χ0n) is 7.54. The lowest BCUT2D eigenvalue weighted by atomic mass is 10.6. The first-order valence-electron chi connectivity index (χ1n) is 4.27. The van der Waals surface area contributed by atoms with Crippen LogP contribution in [0.25, 0.3) is 0 Å². The molecule has 1 aromatic heterocycles. The van der Waals surface area contributed by atoms with Crippen LogP contribution in [0.1, 0.15) is 0 Å². The Hall–Kier alpha value is -0.530. The van der Waals surface area contributed by atoms with Gasteiger partial charge in [0.15, 0.2) is 0 Å². The Balaban J connectivity index is 2.23. The SMILES string of the molecule is O=S(=O)(N1CCSCC1)n1ccnc1. The van der Waals surface area contributed by atoms with Gasteiger partial charge in [-0.05, 0) is 0 Å². The van der Waals surface area contributed by atoms with Gasteiger partial charge in [0.2, 0.25) is 0 Å². The smallest absolute Gasteiger partial charge is 0.244 e. The summed E-state index contributed by atoms with van der Waals surface area (Å²) in [5.74, 6) is 1.74. The van der Waals surface area contributed by atoms with E-state index >= 15 is 0 Å². The van der Waals surface area contributed by atoms with E-state index in [1.165, 1.54) is 23.0 Å². The van der Waals surface area contributed by atoms with Gasteiger partial charge in [-0.1, -0.05) is 0 Å². The molecule has 1 fully saturated rings. The van der Waals surface area contributed by atoms with Crippen LogP contribution in [-0.4, -0.2) is 46.3 Å². The first-order valence-corrected chi connectivity index (χ1v) is 6.83. The third-order valence-corrected chi connectivity index (χ3v) is 4.75. The molecule has 2 heterocycles. The maximum Gasteiger partial charge on any atom is 0.308 e. The minimum absolute atomic E-state index is 0.588. The summed E-state index contributed by atoms with van der Waals surface area (Å²) in [6.07, 6.45) is 4.24. The highest BCUT2D eigenvalue weighted by Crippen LogP contribution is 2.14. The Labute approximate surface area is 87.3 Å². The first kappa shape index (κ1) is 10.0. The van der Waals surface area contributed by atoms with Gasteiger partial charge in [0, 0.05) is 37.0 Å². The molecule has 2 rings (SSSR count). The first-order chi connectivity index (χ1) is 6.71. The summed E-state index contributed by atoms with van der Waals surface area (Å²) >= 11 is 1.78. The van der Waals surface area contributed by atoms with Crippen LogP contribution < -0.4 is 0 Å². The highest BCUT2D eigenvalue weighted by atomic mass is 32.2. The van der Waals surface area contributed by atoms with Crippen molar-refractivity contribution >= 4 is 22.0 Å². The molecule has 0 radical (unpaired) electrons. The molecule has 5 nitrogen and oxygen atoms in total. The van der Waals surface area contributed by atoms with Crippen molar-refractivity contribution < 1.29 is 8.42 Å². The molecule has 1 saturated heterocycles. The zero-order chi connectivity index (χ0) is 10.0. The van der Waals surface area contributed by atoms with Crippen LogP contribution in [0.2, 0.25) is 0 Å². The fourth-order valence-corrected chi connectivity index (χ4v) is 3.72. The highest BCUT2D eigenvalue weighted by Gasteiger charge is 2.24. The highest BCUT2D eigenvalue weighted by molar-refractivity contribution is 7.99. The van der Waals surface area contributed by atoms with Crippen LogP contribution in [0.15, 0.2) is 18.7 Å². The normalized spacial score (nSPS) is 19.7. The van der Waals surface area contributed by atoms with Crippen molar-refractivity contribution in [1.29, 1.82) is 0 Å². The molecule has 0 spiro atoms. The Morgan fingerprint density at radius 3 is 2.57 bits per heavy atom. The van der Waals surface area contributed by atoms with Gasteiger partial charge in [0.25, 0.3) is 0 Å². The van der Waals surface area contributed by atoms with Gasteiger partial charge in [-0.2, -0.15) is 24.5 Å². The summed E-state index contributed by atoms with van der Waals surface area (Å²) in [5.41, 5.74) is 0. The maximum atomic E-state index is 11.9. The largest absolute Gasteiger partial charge is 0.308 e. The number of rotatable bonds is 2. The van der Waals surface area contributed by atoms with Crippen molar-refractivity contribution in [3.8, 4) is 0 Å². The number of hydrogen-bond donors (Lipinski definition) is 0. The van der Waals surface area contributed by atoms with Crippen molar-refractivity contribution in [2.45, 2.75) is 0 Å². The lowest BCUT2D eigenvalue weighted by molar-refractivity contribution is 0.436. The van der Waals surface area contributed by atoms with Gasteiger partial charge in [-0.3, -0.25) is 0 Å². The van der Waals surface area contributed by atoms with Gasteiger partial charge in [-0.25, -0.2) is 8.96 Å². The molecule has 1 aromatic rings. The van der Waals surface area contributed by atoms with E-state index in [0.717, 1.165) is 15.5 Å². The van der Waals surface area contributed by atoms with Gasteiger partial charge < -0.3 is 0 Å². The second-order valence-electron chi connectivity index (χ2n) is 2.91. The van der Waals surface area contributed by atoms with Crippen LogP contribution in [0.3, 0.4) is 0 Å². The van der Waals surface area contributed by atoms with Gasteiger partial charge in [0.05, 0.1) is 0 Å². The van der Waals surface area contributed by atoms with Crippen molar-refractivity contribution in [3.63, 3.8) is 0 Å². The standard InChI is InChI=1S/C7H11N3O2S2/c11-14(12,10-2-1-8-7-10)9-3-5-13-6-4-9/h1-2,7H,3-6H2. The molecule has 0 amide bonds. The number of aromatic nitrogens is 2. The van der Waals surface area contributed by atoms with Crippen LogP contribution in [0.5, 0.6) is 0 Å². The topological polar surface area (TPSA) is 55.2 Å². The van der Waals surface area contributed by atoms with Crippen molar-refractivity contribution in [2.24, 2.45) is 0 Å². The van der Waals surface area contributed by atoms with Crippen molar-refractivity contribution in [1.82, 2.24) is 13.3 Å². The second-order valence-corrected chi connectivity index (χ2v) is 5.97. The molecule has 0 atom stereocenters. The molecule has 0 aromatic carbocycles. The fraction of sp³-hybridized carbons (Fsp3) is 0.571. The average molecular weight is 233 g/mol. The molecule has 7 heteroatoms. The molecular formula is C7H11N3O2S2. The predicted molar refractivity (Wildman–Crippen MR) is 55.4 cm³/mol. The maximum absolute atomic E-state index is 11.9. The number of nitrogens with zero attached hydrogens (tertiary/aromatic N) is 3. The van der Waals surface area contributed by atoms with Crippen LogP contribution in [-0.2, 0) is 10.2 Å². The van der Waals surface area contributed by atoms with E-state index in [9.17, 15) is 8.42 Å². The Morgan fingerprint density at radius 2 is 2.00 bits per heavy atom. The number of thioether (sulfide) groups is 1. The van der Waals surface area contributed by atoms with E-state index in [1.807, 2.05) is 0 Å². The minimum Gasteiger partial charge on any atom is -0.244 e. The van der Waals surface area contributed by atoms with E-state index in [1.54, 1.807) is 11.8 Å². The van der Waals surface area contributed by atoms with Crippen molar-refractivity contribution in [2.75, 3.05) is 24.6 Å². The lowest BCUT2D eigenvalue weighted by Gasteiger charge is -2.25. The molecule has 14 heavy (non-hydrogen) atoms. The third-order valence-electron chi connectivity index (χ3n) is 2.04. The molecule has 0 aliphatic carbocycles. The Morgan fingerprint density at radius 1 is 1.29 bits per heavy atom. The molecule has 1 aliphatic heterocycles. The summed E-state index contributed by atoms with van der Waals surface area (Å²) in [4.78, 5) is 3.74. The summed E-state index contributed by atoms with van der Waals surface area (Å²) in [6.45, 7) is 1.18. The monoisotopic (exact) mass is 233 g/mol. The number of imidazole rings is 1. The van der Waals surface area contributed by atoms with Crippen LogP contribution in [0, 0.1) is 0 Å². The predicted octanol–water partition coefficient (Wildman–Crippen LogP) is 0.0248. The second kappa shape index (κ2) is 3.92. The van der Waals surface area contributed by atoms with Gasteiger partial charge >= 0.3 is 10.2 Å². The van der Waals surface area contributed by atoms with E-state index in [2.05, 4.69) is 4.98 Å². The van der Waals surface area contributed by atoms with Gasteiger partial charge in [0.1, 0.15) is 6.33 Å². The molecule has 0 unspecified atom stereocenters. The molecule has 0 saturated carbocycles. The Kier molecular flexibility index (Phi) is 2.80. The van der Waals surface area contributed by atoms with Crippen LogP contribution >= 0.6 is 11.8 Å². The Bertz CT molecular complexity index is 381. The molecule has 78 valence electrons.